The third-order valence-electron chi connectivity index (χ3n) is 4.35. The van der Waals surface area contributed by atoms with Crippen LogP contribution in [0.5, 0.6) is 0 Å². The summed E-state index contributed by atoms with van der Waals surface area (Å²) in [6, 6.07) is 15.9. The largest absolute Gasteiger partial charge is 0.333 e. The highest BCUT2D eigenvalue weighted by Crippen LogP contribution is 2.32. The zero-order chi connectivity index (χ0) is 16.6. The standard InChI is InChI=1S/C18H19NO3S/c1-13(23(2,21)22)18(20)19-11-14-7-3-5-9-16(14)17-10-6-4-8-15(17)12-19/h3-10,13H,11-12H2,1-2H3/t13-/m1/s1. The summed E-state index contributed by atoms with van der Waals surface area (Å²) in [7, 11) is -3.41. The van der Waals surface area contributed by atoms with Crippen LogP contribution in [0.4, 0.5) is 0 Å². The first-order valence-corrected chi connectivity index (χ1v) is 9.47. The van der Waals surface area contributed by atoms with Crippen molar-refractivity contribution in [2.75, 3.05) is 6.26 Å². The Morgan fingerprint density at radius 1 is 0.957 bits per heavy atom. The number of rotatable bonds is 2. The average Bonchev–Trinajstić information content (AvgIpc) is 2.69. The monoisotopic (exact) mass is 329 g/mol. The first-order valence-electron chi connectivity index (χ1n) is 7.52. The van der Waals surface area contributed by atoms with E-state index in [2.05, 4.69) is 0 Å². The zero-order valence-corrected chi connectivity index (χ0v) is 14.0. The van der Waals surface area contributed by atoms with E-state index in [1.165, 1.54) is 6.92 Å². The minimum atomic E-state index is -3.41. The fourth-order valence-electron chi connectivity index (χ4n) is 2.91. The second kappa shape index (κ2) is 5.81. The molecule has 3 rings (SSSR count). The number of carbonyl (C=O) groups is 1. The van der Waals surface area contributed by atoms with Gasteiger partial charge in [0.05, 0.1) is 0 Å². The number of benzene rings is 2. The van der Waals surface area contributed by atoms with E-state index < -0.39 is 15.1 Å². The van der Waals surface area contributed by atoms with E-state index >= 15 is 0 Å². The minimum absolute atomic E-state index is 0.348. The van der Waals surface area contributed by atoms with E-state index in [1.807, 2.05) is 48.5 Å². The van der Waals surface area contributed by atoms with Gasteiger partial charge in [-0.2, -0.15) is 0 Å². The lowest BCUT2D eigenvalue weighted by molar-refractivity contribution is -0.131. The second-order valence-electron chi connectivity index (χ2n) is 5.98. The van der Waals surface area contributed by atoms with Crippen LogP contribution in [0.2, 0.25) is 0 Å². The van der Waals surface area contributed by atoms with Crippen LogP contribution in [0.25, 0.3) is 11.1 Å². The number of fused-ring (bicyclic) bond motifs is 3. The topological polar surface area (TPSA) is 54.5 Å². The maximum atomic E-state index is 12.7. The fraction of sp³-hybridized carbons (Fsp3) is 0.278. The van der Waals surface area contributed by atoms with Crippen molar-refractivity contribution in [2.45, 2.75) is 25.3 Å². The molecule has 120 valence electrons. The summed E-state index contributed by atoms with van der Waals surface area (Å²) in [5.41, 5.74) is 4.27. The summed E-state index contributed by atoms with van der Waals surface area (Å²) in [6.45, 7) is 2.30. The number of sulfone groups is 1. The van der Waals surface area contributed by atoms with Crippen LogP contribution in [0.1, 0.15) is 18.1 Å². The van der Waals surface area contributed by atoms with Crippen molar-refractivity contribution in [1.29, 1.82) is 0 Å². The van der Waals surface area contributed by atoms with Crippen molar-refractivity contribution in [1.82, 2.24) is 4.90 Å². The molecule has 2 aromatic rings. The van der Waals surface area contributed by atoms with E-state index in [1.54, 1.807) is 4.90 Å². The first-order chi connectivity index (χ1) is 10.9. The third kappa shape index (κ3) is 3.01. The quantitative estimate of drug-likeness (QED) is 0.851. The first kappa shape index (κ1) is 15.7. The predicted octanol–water partition coefficient (Wildman–Crippen LogP) is 2.63. The Morgan fingerprint density at radius 2 is 1.39 bits per heavy atom. The van der Waals surface area contributed by atoms with E-state index in [0.29, 0.717) is 13.1 Å². The van der Waals surface area contributed by atoms with Crippen molar-refractivity contribution in [3.63, 3.8) is 0 Å². The lowest BCUT2D eigenvalue weighted by Crippen LogP contribution is -2.40. The van der Waals surface area contributed by atoms with Crippen molar-refractivity contribution in [2.24, 2.45) is 0 Å². The highest BCUT2D eigenvalue weighted by molar-refractivity contribution is 7.92. The Labute approximate surface area is 136 Å². The molecule has 0 saturated carbocycles. The zero-order valence-electron chi connectivity index (χ0n) is 13.2. The summed E-state index contributed by atoms with van der Waals surface area (Å²) in [5, 5.41) is -1.03. The van der Waals surface area contributed by atoms with E-state index in [4.69, 9.17) is 0 Å². The summed E-state index contributed by atoms with van der Waals surface area (Å²) in [4.78, 5) is 14.3. The molecule has 5 heteroatoms. The van der Waals surface area contributed by atoms with E-state index in [9.17, 15) is 13.2 Å². The molecule has 0 aromatic heterocycles. The molecule has 0 spiro atoms. The molecule has 0 unspecified atom stereocenters. The second-order valence-corrected chi connectivity index (χ2v) is 8.35. The van der Waals surface area contributed by atoms with Crippen LogP contribution < -0.4 is 0 Å². The number of nitrogens with zero attached hydrogens (tertiary/aromatic N) is 1. The van der Waals surface area contributed by atoms with Gasteiger partial charge in [0.25, 0.3) is 0 Å². The lowest BCUT2D eigenvalue weighted by Gasteiger charge is -2.24. The van der Waals surface area contributed by atoms with Crippen molar-refractivity contribution in [3.8, 4) is 11.1 Å². The number of carbonyl (C=O) groups excluding carboxylic acids is 1. The molecule has 4 nitrogen and oxygen atoms in total. The van der Waals surface area contributed by atoms with Gasteiger partial charge in [-0.1, -0.05) is 48.5 Å². The molecule has 2 aromatic carbocycles. The number of hydrogen-bond acceptors (Lipinski definition) is 3. The Hall–Kier alpha value is -2.14. The SMILES string of the molecule is C[C@H](C(=O)N1Cc2ccccc2-c2ccccc2C1)S(C)(=O)=O. The van der Waals surface area contributed by atoms with Gasteiger partial charge in [0.2, 0.25) is 5.91 Å². The molecule has 0 bridgehead atoms. The van der Waals surface area contributed by atoms with Crippen molar-refractivity contribution in [3.05, 3.63) is 59.7 Å². The molecule has 1 heterocycles. The van der Waals surface area contributed by atoms with Crippen LogP contribution >= 0.6 is 0 Å². The molecular weight excluding hydrogens is 310 g/mol. The molecule has 0 fully saturated rings. The van der Waals surface area contributed by atoms with Gasteiger partial charge in [0.15, 0.2) is 9.84 Å². The van der Waals surface area contributed by atoms with Gasteiger partial charge in [-0.15, -0.1) is 0 Å². The third-order valence-corrected chi connectivity index (χ3v) is 5.84. The molecule has 0 saturated heterocycles. The summed E-state index contributed by atoms with van der Waals surface area (Å²) >= 11 is 0. The summed E-state index contributed by atoms with van der Waals surface area (Å²) in [6.07, 6.45) is 1.11. The fourth-order valence-corrected chi connectivity index (χ4v) is 3.42. The number of amides is 1. The molecule has 0 radical (unpaired) electrons. The molecular formula is C18H19NO3S. The van der Waals surface area contributed by atoms with Gasteiger partial charge in [0, 0.05) is 19.3 Å². The smallest absolute Gasteiger partial charge is 0.241 e. The molecule has 0 N–H and O–H groups in total. The summed E-state index contributed by atoms with van der Waals surface area (Å²) < 4.78 is 23.5. The normalized spacial score (nSPS) is 15.3. The highest BCUT2D eigenvalue weighted by atomic mass is 32.2. The molecule has 23 heavy (non-hydrogen) atoms. The summed E-state index contributed by atoms with van der Waals surface area (Å²) in [5.74, 6) is -0.348. The van der Waals surface area contributed by atoms with E-state index in [0.717, 1.165) is 28.5 Å². The van der Waals surface area contributed by atoms with Crippen LogP contribution in [-0.4, -0.2) is 30.7 Å². The maximum absolute atomic E-state index is 12.7. The highest BCUT2D eigenvalue weighted by Gasteiger charge is 2.30. The van der Waals surface area contributed by atoms with Crippen molar-refractivity contribution >= 4 is 15.7 Å². The van der Waals surface area contributed by atoms with Gasteiger partial charge >= 0.3 is 0 Å². The molecule has 1 aliphatic rings. The van der Waals surface area contributed by atoms with Crippen LogP contribution in [-0.2, 0) is 27.7 Å². The Kier molecular flexibility index (Phi) is 3.98. The Bertz CT molecular complexity index is 811. The molecule has 1 amide bonds. The predicted molar refractivity (Wildman–Crippen MR) is 90.4 cm³/mol. The van der Waals surface area contributed by atoms with E-state index in [-0.39, 0.29) is 5.91 Å². The van der Waals surface area contributed by atoms with Gasteiger partial charge in [-0.25, -0.2) is 8.42 Å². The van der Waals surface area contributed by atoms with Gasteiger partial charge < -0.3 is 4.90 Å². The van der Waals surface area contributed by atoms with Crippen LogP contribution in [0, 0.1) is 0 Å². The van der Waals surface area contributed by atoms with Crippen molar-refractivity contribution < 1.29 is 13.2 Å². The van der Waals surface area contributed by atoms with Gasteiger partial charge in [-0.05, 0) is 29.2 Å². The molecule has 1 aliphatic heterocycles. The maximum Gasteiger partial charge on any atom is 0.241 e. The number of hydrogen-bond donors (Lipinski definition) is 0. The van der Waals surface area contributed by atoms with Gasteiger partial charge in [0.1, 0.15) is 5.25 Å². The Balaban J connectivity index is 2.07. The average molecular weight is 329 g/mol. The minimum Gasteiger partial charge on any atom is -0.333 e. The molecule has 0 aliphatic carbocycles. The lowest BCUT2D eigenvalue weighted by atomic mass is 9.97. The van der Waals surface area contributed by atoms with Gasteiger partial charge in [-0.3, -0.25) is 4.79 Å². The van der Waals surface area contributed by atoms with Crippen LogP contribution in [0.3, 0.4) is 0 Å². The van der Waals surface area contributed by atoms with Crippen LogP contribution in [0.15, 0.2) is 48.5 Å². The molecule has 1 atom stereocenters. The Morgan fingerprint density at radius 3 is 1.83 bits per heavy atom.